The van der Waals surface area contributed by atoms with Gasteiger partial charge in [0.25, 0.3) is 0 Å². The summed E-state index contributed by atoms with van der Waals surface area (Å²) in [5, 5.41) is 11.4. The summed E-state index contributed by atoms with van der Waals surface area (Å²) in [5.41, 5.74) is 2.10. The van der Waals surface area contributed by atoms with E-state index in [0.717, 1.165) is 23.2 Å². The third-order valence-electron chi connectivity index (χ3n) is 4.05. The molecule has 2 heteroatoms. The number of furan rings is 1. The molecule has 0 saturated heterocycles. The van der Waals surface area contributed by atoms with Crippen LogP contribution in [0.1, 0.15) is 49.5 Å². The molecule has 1 heterocycles. The number of rotatable bonds is 3. The lowest BCUT2D eigenvalue weighted by Gasteiger charge is -2.12. The van der Waals surface area contributed by atoms with Gasteiger partial charge in [0.05, 0.1) is 0 Å². The molecule has 1 aliphatic rings. The molecular formula is C16H20O2. The highest BCUT2D eigenvalue weighted by atomic mass is 16.4. The molecule has 0 amide bonds. The third-order valence-corrected chi connectivity index (χ3v) is 4.05. The van der Waals surface area contributed by atoms with Crippen molar-refractivity contribution in [3.63, 3.8) is 0 Å². The minimum Gasteiger partial charge on any atom is -0.458 e. The molecule has 0 spiro atoms. The number of hydrogen-bond donors (Lipinski definition) is 1. The molecule has 3 rings (SSSR count). The summed E-state index contributed by atoms with van der Waals surface area (Å²) in [6.45, 7) is 2.07. The highest BCUT2D eigenvalue weighted by molar-refractivity contribution is 5.78. The average Bonchev–Trinajstić information content (AvgIpc) is 2.96. The minimum absolute atomic E-state index is 0.444. The van der Waals surface area contributed by atoms with Gasteiger partial charge in [-0.05, 0) is 37.5 Å². The van der Waals surface area contributed by atoms with Crippen molar-refractivity contribution in [2.24, 2.45) is 5.92 Å². The van der Waals surface area contributed by atoms with Crippen LogP contribution >= 0.6 is 0 Å². The van der Waals surface area contributed by atoms with Crippen molar-refractivity contribution in [2.45, 2.75) is 45.1 Å². The monoisotopic (exact) mass is 244 g/mol. The molecule has 1 aliphatic carbocycles. The van der Waals surface area contributed by atoms with Gasteiger partial charge >= 0.3 is 0 Å². The van der Waals surface area contributed by atoms with E-state index in [1.54, 1.807) is 0 Å². The third kappa shape index (κ3) is 2.30. The smallest absolute Gasteiger partial charge is 0.134 e. The van der Waals surface area contributed by atoms with Gasteiger partial charge in [0.1, 0.15) is 17.4 Å². The van der Waals surface area contributed by atoms with Crippen molar-refractivity contribution in [3.05, 3.63) is 35.6 Å². The van der Waals surface area contributed by atoms with Gasteiger partial charge in [-0.2, -0.15) is 0 Å². The molecule has 1 aromatic carbocycles. The summed E-state index contributed by atoms with van der Waals surface area (Å²) in [7, 11) is 0. The Balaban J connectivity index is 1.80. The Morgan fingerprint density at radius 3 is 2.83 bits per heavy atom. The molecule has 1 N–H and O–H groups in total. The van der Waals surface area contributed by atoms with Crippen LogP contribution in [-0.2, 0) is 0 Å². The summed E-state index contributed by atoms with van der Waals surface area (Å²) in [4.78, 5) is 0. The van der Waals surface area contributed by atoms with Crippen molar-refractivity contribution >= 4 is 11.0 Å². The first kappa shape index (κ1) is 11.8. The van der Waals surface area contributed by atoms with E-state index in [4.69, 9.17) is 4.42 Å². The number of fused-ring (bicyclic) bond motifs is 1. The molecule has 2 nitrogen and oxygen atoms in total. The molecule has 1 fully saturated rings. The van der Waals surface area contributed by atoms with Crippen molar-refractivity contribution < 1.29 is 9.52 Å². The minimum atomic E-state index is -0.444. The highest BCUT2D eigenvalue weighted by Crippen LogP contribution is 2.34. The average molecular weight is 244 g/mol. The largest absolute Gasteiger partial charge is 0.458 e. The Morgan fingerprint density at radius 1 is 1.28 bits per heavy atom. The molecule has 0 radical (unpaired) electrons. The van der Waals surface area contributed by atoms with E-state index in [9.17, 15) is 5.11 Å². The van der Waals surface area contributed by atoms with Crippen LogP contribution in [0.5, 0.6) is 0 Å². The molecule has 1 saturated carbocycles. The lowest BCUT2D eigenvalue weighted by Crippen LogP contribution is -2.03. The second kappa shape index (κ2) is 4.77. The van der Waals surface area contributed by atoms with Crippen LogP contribution in [-0.4, -0.2) is 5.11 Å². The quantitative estimate of drug-likeness (QED) is 0.870. The molecule has 0 aliphatic heterocycles. The summed E-state index contributed by atoms with van der Waals surface area (Å²) in [6, 6.07) is 8.11. The maximum absolute atomic E-state index is 10.3. The van der Waals surface area contributed by atoms with Crippen LogP contribution in [0.15, 0.2) is 28.7 Å². The Kier molecular flexibility index (Phi) is 3.13. The van der Waals surface area contributed by atoms with Crippen LogP contribution in [0.4, 0.5) is 0 Å². The summed E-state index contributed by atoms with van der Waals surface area (Å²) >= 11 is 0. The lowest BCUT2D eigenvalue weighted by molar-refractivity contribution is 0.122. The van der Waals surface area contributed by atoms with E-state index >= 15 is 0 Å². The van der Waals surface area contributed by atoms with Crippen molar-refractivity contribution in [1.29, 1.82) is 0 Å². The molecule has 0 bridgehead atoms. The van der Waals surface area contributed by atoms with E-state index in [1.807, 2.05) is 18.2 Å². The number of aliphatic hydroxyl groups is 1. The zero-order chi connectivity index (χ0) is 12.5. The first-order valence-electron chi connectivity index (χ1n) is 6.90. The second-order valence-corrected chi connectivity index (χ2v) is 5.59. The van der Waals surface area contributed by atoms with Gasteiger partial charge in [-0.3, -0.25) is 0 Å². The van der Waals surface area contributed by atoms with Crippen molar-refractivity contribution in [1.82, 2.24) is 0 Å². The maximum Gasteiger partial charge on any atom is 0.134 e. The number of aliphatic hydroxyl groups excluding tert-OH is 1. The number of hydrogen-bond acceptors (Lipinski definition) is 2. The van der Waals surface area contributed by atoms with Crippen LogP contribution < -0.4 is 0 Å². The van der Waals surface area contributed by atoms with E-state index in [2.05, 4.69) is 13.0 Å². The fraction of sp³-hybridized carbons (Fsp3) is 0.500. The molecule has 18 heavy (non-hydrogen) atoms. The fourth-order valence-electron chi connectivity index (χ4n) is 3.03. The predicted molar refractivity (Wildman–Crippen MR) is 72.5 cm³/mol. The van der Waals surface area contributed by atoms with Crippen LogP contribution in [0.2, 0.25) is 0 Å². The van der Waals surface area contributed by atoms with Gasteiger partial charge in [0.15, 0.2) is 0 Å². The van der Waals surface area contributed by atoms with E-state index in [0.29, 0.717) is 5.92 Å². The van der Waals surface area contributed by atoms with Crippen molar-refractivity contribution in [3.8, 4) is 0 Å². The molecule has 96 valence electrons. The van der Waals surface area contributed by atoms with Crippen molar-refractivity contribution in [2.75, 3.05) is 0 Å². The molecule has 2 aromatic rings. The Bertz CT molecular complexity index is 535. The van der Waals surface area contributed by atoms with Crippen LogP contribution in [0.3, 0.4) is 0 Å². The summed E-state index contributed by atoms with van der Waals surface area (Å²) in [6.07, 6.45) is 5.56. The van der Waals surface area contributed by atoms with Gasteiger partial charge in [-0.1, -0.05) is 37.3 Å². The first-order chi connectivity index (χ1) is 8.72. The van der Waals surface area contributed by atoms with Gasteiger partial charge in [-0.15, -0.1) is 0 Å². The fourth-order valence-corrected chi connectivity index (χ4v) is 3.03. The molecule has 1 unspecified atom stereocenters. The molecular weight excluding hydrogens is 224 g/mol. The highest BCUT2D eigenvalue weighted by Gasteiger charge is 2.21. The van der Waals surface area contributed by atoms with E-state index in [-0.39, 0.29) is 0 Å². The van der Waals surface area contributed by atoms with Crippen LogP contribution in [0, 0.1) is 12.8 Å². The maximum atomic E-state index is 10.3. The van der Waals surface area contributed by atoms with Crippen LogP contribution in [0.25, 0.3) is 11.0 Å². The Morgan fingerprint density at radius 2 is 2.06 bits per heavy atom. The standard InChI is InChI=1S/C16H20O2/c1-11-6-7-15-13(8-11)10-16(18-15)14(17)9-12-4-2-3-5-12/h6-8,10,12,14,17H,2-5,9H2,1H3. The zero-order valence-electron chi connectivity index (χ0n) is 10.9. The Hall–Kier alpha value is -1.28. The van der Waals surface area contributed by atoms with E-state index in [1.165, 1.54) is 31.2 Å². The van der Waals surface area contributed by atoms with Gasteiger partial charge in [0, 0.05) is 5.39 Å². The normalized spacial score (nSPS) is 18.6. The molecule has 1 atom stereocenters. The predicted octanol–water partition coefficient (Wildman–Crippen LogP) is 4.35. The van der Waals surface area contributed by atoms with Gasteiger partial charge in [0.2, 0.25) is 0 Å². The summed E-state index contributed by atoms with van der Waals surface area (Å²) in [5.74, 6) is 1.40. The van der Waals surface area contributed by atoms with E-state index < -0.39 is 6.10 Å². The second-order valence-electron chi connectivity index (χ2n) is 5.59. The topological polar surface area (TPSA) is 33.4 Å². The molecule has 1 aromatic heterocycles. The number of benzene rings is 1. The van der Waals surface area contributed by atoms with Gasteiger partial charge in [-0.25, -0.2) is 0 Å². The van der Waals surface area contributed by atoms with Gasteiger partial charge < -0.3 is 9.52 Å². The Labute approximate surface area is 108 Å². The summed E-state index contributed by atoms with van der Waals surface area (Å²) < 4.78 is 5.75. The SMILES string of the molecule is Cc1ccc2oc(C(O)CC3CCCC3)cc2c1. The lowest BCUT2D eigenvalue weighted by atomic mass is 9.99. The first-order valence-corrected chi connectivity index (χ1v) is 6.90. The zero-order valence-corrected chi connectivity index (χ0v) is 10.9. The number of aryl methyl sites for hydroxylation is 1.